The van der Waals surface area contributed by atoms with E-state index in [0.717, 1.165) is 32.1 Å². The maximum atomic E-state index is 12.2. The van der Waals surface area contributed by atoms with E-state index in [1.807, 2.05) is 24.3 Å². The fourth-order valence-electron chi connectivity index (χ4n) is 2.80. The lowest BCUT2D eigenvalue weighted by atomic mass is 9.94. The number of hydrogen-bond acceptors (Lipinski definition) is 2. The van der Waals surface area contributed by atoms with Gasteiger partial charge in [-0.2, -0.15) is 0 Å². The minimum Gasteiger partial charge on any atom is -0.335 e. The van der Waals surface area contributed by atoms with Gasteiger partial charge in [0, 0.05) is 18.8 Å². The second kappa shape index (κ2) is 7.25. The Hall–Kier alpha value is -1.84. The number of nitrogens with zero attached hydrogens (tertiary/aromatic N) is 1. The topological polar surface area (TPSA) is 49.4 Å². The molecule has 1 saturated carbocycles. The van der Waals surface area contributed by atoms with E-state index >= 15 is 0 Å². The van der Waals surface area contributed by atoms with Crippen molar-refractivity contribution in [1.82, 2.24) is 4.90 Å². The van der Waals surface area contributed by atoms with Crippen molar-refractivity contribution in [2.45, 2.75) is 51.5 Å². The molecule has 0 heterocycles. The molecule has 0 radical (unpaired) electrons. The SMILES string of the molecule is CCc1ccc(NC(=O)C(=O)N(C)C2CCCCC2)cc1. The van der Waals surface area contributed by atoms with Gasteiger partial charge in [0.05, 0.1) is 0 Å². The van der Waals surface area contributed by atoms with Crippen LogP contribution in [0.3, 0.4) is 0 Å². The highest BCUT2D eigenvalue weighted by molar-refractivity contribution is 6.39. The molecule has 4 nitrogen and oxygen atoms in total. The van der Waals surface area contributed by atoms with E-state index < -0.39 is 11.8 Å². The molecule has 0 unspecified atom stereocenters. The van der Waals surface area contributed by atoms with Gasteiger partial charge >= 0.3 is 11.8 Å². The Labute approximate surface area is 126 Å². The third-order valence-corrected chi connectivity index (χ3v) is 4.26. The number of carbonyl (C=O) groups is 2. The highest BCUT2D eigenvalue weighted by atomic mass is 16.2. The van der Waals surface area contributed by atoms with Gasteiger partial charge in [-0.3, -0.25) is 9.59 Å². The molecule has 1 aliphatic rings. The fourth-order valence-corrected chi connectivity index (χ4v) is 2.80. The Morgan fingerprint density at radius 2 is 1.76 bits per heavy atom. The third-order valence-electron chi connectivity index (χ3n) is 4.26. The van der Waals surface area contributed by atoms with Gasteiger partial charge in [0.15, 0.2) is 0 Å². The number of benzene rings is 1. The molecule has 21 heavy (non-hydrogen) atoms. The number of nitrogens with one attached hydrogen (secondary N) is 1. The number of rotatable bonds is 3. The first-order valence-electron chi connectivity index (χ1n) is 7.79. The molecule has 114 valence electrons. The summed E-state index contributed by atoms with van der Waals surface area (Å²) in [7, 11) is 1.73. The lowest BCUT2D eigenvalue weighted by Crippen LogP contribution is -2.44. The summed E-state index contributed by atoms with van der Waals surface area (Å²) in [5, 5.41) is 2.68. The second-order valence-electron chi connectivity index (χ2n) is 5.71. The normalized spacial score (nSPS) is 15.5. The molecule has 0 atom stereocenters. The molecule has 1 fully saturated rings. The minimum atomic E-state index is -0.549. The van der Waals surface area contributed by atoms with Gasteiger partial charge in [-0.15, -0.1) is 0 Å². The van der Waals surface area contributed by atoms with E-state index in [1.165, 1.54) is 12.0 Å². The number of aryl methyl sites for hydroxylation is 1. The van der Waals surface area contributed by atoms with Crippen molar-refractivity contribution in [3.05, 3.63) is 29.8 Å². The first-order valence-corrected chi connectivity index (χ1v) is 7.79. The van der Waals surface area contributed by atoms with Crippen LogP contribution in [0.15, 0.2) is 24.3 Å². The van der Waals surface area contributed by atoms with Crippen molar-refractivity contribution < 1.29 is 9.59 Å². The zero-order valence-corrected chi connectivity index (χ0v) is 12.9. The Bertz CT molecular complexity index is 490. The summed E-state index contributed by atoms with van der Waals surface area (Å²) in [6, 6.07) is 7.81. The summed E-state index contributed by atoms with van der Waals surface area (Å²) in [5.74, 6) is -0.992. The molecular formula is C17H24N2O2. The van der Waals surface area contributed by atoms with Crippen molar-refractivity contribution in [1.29, 1.82) is 0 Å². The number of carbonyl (C=O) groups excluding carboxylic acids is 2. The van der Waals surface area contributed by atoms with Gasteiger partial charge < -0.3 is 10.2 Å². The average Bonchev–Trinajstić information content (AvgIpc) is 2.55. The molecule has 2 amide bonds. The van der Waals surface area contributed by atoms with Gasteiger partial charge in [-0.05, 0) is 37.0 Å². The first-order chi connectivity index (χ1) is 10.1. The quantitative estimate of drug-likeness (QED) is 0.869. The van der Waals surface area contributed by atoms with Crippen LogP contribution >= 0.6 is 0 Å². The van der Waals surface area contributed by atoms with Crippen LogP contribution in [0.2, 0.25) is 0 Å². The Morgan fingerprint density at radius 1 is 1.14 bits per heavy atom. The molecule has 2 rings (SSSR count). The van der Waals surface area contributed by atoms with Gasteiger partial charge in [0.25, 0.3) is 0 Å². The summed E-state index contributed by atoms with van der Waals surface area (Å²) in [6.45, 7) is 2.08. The molecule has 1 aromatic carbocycles. The molecule has 1 aromatic rings. The van der Waals surface area contributed by atoms with E-state index in [4.69, 9.17) is 0 Å². The first kappa shape index (κ1) is 15.5. The summed E-state index contributed by atoms with van der Waals surface area (Å²) in [6.07, 6.45) is 6.47. The second-order valence-corrected chi connectivity index (χ2v) is 5.71. The molecule has 4 heteroatoms. The molecule has 0 bridgehead atoms. The van der Waals surface area contributed by atoms with Gasteiger partial charge in [0.2, 0.25) is 0 Å². The standard InChI is InChI=1S/C17H24N2O2/c1-3-13-9-11-14(12-10-13)18-16(20)17(21)19(2)15-7-5-4-6-8-15/h9-12,15H,3-8H2,1-2H3,(H,18,20). The fraction of sp³-hybridized carbons (Fsp3) is 0.529. The van der Waals surface area contributed by atoms with E-state index in [1.54, 1.807) is 11.9 Å². The minimum absolute atomic E-state index is 0.208. The summed E-state index contributed by atoms with van der Waals surface area (Å²) >= 11 is 0. The van der Waals surface area contributed by atoms with Crippen molar-refractivity contribution >= 4 is 17.5 Å². The van der Waals surface area contributed by atoms with Crippen LogP contribution in [0, 0.1) is 0 Å². The van der Waals surface area contributed by atoms with Crippen molar-refractivity contribution in [2.24, 2.45) is 0 Å². The van der Waals surface area contributed by atoms with E-state index in [9.17, 15) is 9.59 Å². The van der Waals surface area contributed by atoms with Crippen LogP contribution in [0.4, 0.5) is 5.69 Å². The van der Waals surface area contributed by atoms with Crippen LogP contribution in [0.25, 0.3) is 0 Å². The van der Waals surface area contributed by atoms with E-state index in [0.29, 0.717) is 5.69 Å². The van der Waals surface area contributed by atoms with Crippen LogP contribution in [0.5, 0.6) is 0 Å². The van der Waals surface area contributed by atoms with Gasteiger partial charge in [0.1, 0.15) is 0 Å². The largest absolute Gasteiger partial charge is 0.335 e. The molecule has 0 aliphatic heterocycles. The van der Waals surface area contributed by atoms with E-state index in [2.05, 4.69) is 12.2 Å². The molecular weight excluding hydrogens is 264 g/mol. The summed E-state index contributed by atoms with van der Waals surface area (Å²) < 4.78 is 0. The third kappa shape index (κ3) is 4.06. The van der Waals surface area contributed by atoms with Crippen LogP contribution in [-0.2, 0) is 16.0 Å². The van der Waals surface area contributed by atoms with Crippen molar-refractivity contribution in [2.75, 3.05) is 12.4 Å². The zero-order chi connectivity index (χ0) is 15.2. The number of anilines is 1. The lowest BCUT2D eigenvalue weighted by Gasteiger charge is -2.30. The van der Waals surface area contributed by atoms with Crippen LogP contribution in [0.1, 0.15) is 44.6 Å². The lowest BCUT2D eigenvalue weighted by molar-refractivity contribution is -0.144. The zero-order valence-electron chi connectivity index (χ0n) is 12.9. The number of hydrogen-bond donors (Lipinski definition) is 1. The highest BCUT2D eigenvalue weighted by Gasteiger charge is 2.26. The Balaban J connectivity index is 1.93. The summed E-state index contributed by atoms with van der Waals surface area (Å²) in [4.78, 5) is 25.8. The number of likely N-dealkylation sites (N-methyl/N-ethyl adjacent to an activating group) is 1. The smallest absolute Gasteiger partial charge is 0.313 e. The number of amides is 2. The van der Waals surface area contributed by atoms with Gasteiger partial charge in [-0.1, -0.05) is 38.3 Å². The van der Waals surface area contributed by atoms with Gasteiger partial charge in [-0.25, -0.2) is 0 Å². The van der Waals surface area contributed by atoms with Crippen LogP contribution < -0.4 is 5.32 Å². The summed E-state index contributed by atoms with van der Waals surface area (Å²) in [5.41, 5.74) is 1.88. The highest BCUT2D eigenvalue weighted by Crippen LogP contribution is 2.21. The van der Waals surface area contributed by atoms with Crippen molar-refractivity contribution in [3.63, 3.8) is 0 Å². The van der Waals surface area contributed by atoms with E-state index in [-0.39, 0.29) is 6.04 Å². The Kier molecular flexibility index (Phi) is 5.37. The Morgan fingerprint density at radius 3 is 2.33 bits per heavy atom. The maximum Gasteiger partial charge on any atom is 0.313 e. The van der Waals surface area contributed by atoms with Crippen LogP contribution in [-0.4, -0.2) is 29.8 Å². The maximum absolute atomic E-state index is 12.2. The molecule has 0 saturated heterocycles. The predicted molar refractivity (Wildman–Crippen MR) is 84.1 cm³/mol. The molecule has 1 N–H and O–H groups in total. The monoisotopic (exact) mass is 288 g/mol. The predicted octanol–water partition coefficient (Wildman–Crippen LogP) is 2.98. The average molecular weight is 288 g/mol. The van der Waals surface area contributed by atoms with Crippen molar-refractivity contribution in [3.8, 4) is 0 Å². The molecule has 0 spiro atoms. The molecule has 1 aliphatic carbocycles. The molecule has 0 aromatic heterocycles.